The Kier molecular flexibility index (Phi) is 14.4. The van der Waals surface area contributed by atoms with Crippen LogP contribution in [0.25, 0.3) is 0 Å². The SMILES string of the molecule is O=C(CCCCS(=O)(=O)O)N1CCCN(C(=O)CC2CCC(OCCCC3CCN(C4NCC(Cl)CN4)CC3)CC2F)CC1. The first-order valence-corrected chi connectivity index (χ1v) is 18.7. The molecule has 3 unspecified atom stereocenters. The molecule has 0 radical (unpaired) electrons. The number of nitrogens with one attached hydrogen (secondary N) is 2. The number of unbranched alkanes of at least 4 members (excludes halogenated alkanes) is 1. The predicted octanol–water partition coefficient (Wildman–Crippen LogP) is 2.59. The third kappa shape index (κ3) is 11.9. The van der Waals surface area contributed by atoms with Gasteiger partial charge in [-0.1, -0.05) is 0 Å². The van der Waals surface area contributed by atoms with Crippen LogP contribution >= 0.6 is 11.6 Å². The minimum atomic E-state index is -4.01. The van der Waals surface area contributed by atoms with Crippen molar-refractivity contribution in [2.75, 3.05) is 64.7 Å². The summed E-state index contributed by atoms with van der Waals surface area (Å²) in [6.07, 6.45) is 7.03. The highest BCUT2D eigenvalue weighted by Crippen LogP contribution is 2.32. The summed E-state index contributed by atoms with van der Waals surface area (Å²) in [5, 5.41) is 7.10. The van der Waals surface area contributed by atoms with Crippen molar-refractivity contribution >= 4 is 33.5 Å². The van der Waals surface area contributed by atoms with Crippen molar-refractivity contribution < 1.29 is 31.7 Å². The van der Waals surface area contributed by atoms with Crippen LogP contribution in [0.2, 0.25) is 0 Å². The summed E-state index contributed by atoms with van der Waals surface area (Å²) in [5.74, 6) is -0.0575. The van der Waals surface area contributed by atoms with Crippen LogP contribution in [0.3, 0.4) is 0 Å². The zero-order valence-electron chi connectivity index (χ0n) is 26.0. The van der Waals surface area contributed by atoms with E-state index in [1.54, 1.807) is 9.80 Å². The lowest BCUT2D eigenvalue weighted by molar-refractivity contribution is -0.135. The van der Waals surface area contributed by atoms with E-state index < -0.39 is 16.3 Å². The van der Waals surface area contributed by atoms with Crippen molar-refractivity contribution in [3.05, 3.63) is 0 Å². The molecular weight excluding hydrogens is 613 g/mol. The standard InChI is InChI=1S/C30H53ClFN5O6S/c31-25-21-33-30(34-22-25)37-13-9-23(10-14-37)5-3-17-43-26-8-7-24(27(32)20-26)19-29(39)36-12-4-11-35(15-16-36)28(38)6-1-2-18-44(40,41)42/h23-27,30,33-34H,1-22H2,(H,40,41,42). The number of hydrogen-bond acceptors (Lipinski definition) is 8. The Labute approximate surface area is 267 Å². The molecule has 3 aliphatic heterocycles. The van der Waals surface area contributed by atoms with E-state index in [9.17, 15) is 18.0 Å². The van der Waals surface area contributed by atoms with Crippen molar-refractivity contribution in [1.82, 2.24) is 25.3 Å². The fourth-order valence-electron chi connectivity index (χ4n) is 7.02. The normalized spacial score (nSPS) is 29.8. The van der Waals surface area contributed by atoms with Crippen molar-refractivity contribution in [2.24, 2.45) is 11.8 Å². The highest BCUT2D eigenvalue weighted by Gasteiger charge is 2.34. The van der Waals surface area contributed by atoms with Gasteiger partial charge in [-0.15, -0.1) is 11.6 Å². The van der Waals surface area contributed by atoms with Crippen molar-refractivity contribution in [1.29, 1.82) is 0 Å². The molecule has 4 rings (SSSR count). The minimum absolute atomic E-state index is 0.0520. The number of halogens is 2. The van der Waals surface area contributed by atoms with Gasteiger partial charge in [0.2, 0.25) is 11.8 Å². The Morgan fingerprint density at radius 1 is 0.909 bits per heavy atom. The van der Waals surface area contributed by atoms with Crippen molar-refractivity contribution in [2.45, 2.75) is 101 Å². The lowest BCUT2D eigenvalue weighted by Gasteiger charge is -2.41. The highest BCUT2D eigenvalue weighted by molar-refractivity contribution is 7.85. The van der Waals surface area contributed by atoms with Crippen LogP contribution in [-0.4, -0.2) is 128 Å². The number of alkyl halides is 2. The lowest BCUT2D eigenvalue weighted by Crippen LogP contribution is -2.62. The van der Waals surface area contributed by atoms with E-state index in [1.165, 1.54) is 12.8 Å². The number of rotatable bonds is 13. The first kappa shape index (κ1) is 35.8. The third-order valence-corrected chi connectivity index (χ3v) is 10.8. The lowest BCUT2D eigenvalue weighted by atomic mass is 9.83. The quantitative estimate of drug-likeness (QED) is 0.154. The second-order valence-electron chi connectivity index (χ2n) is 13.1. The number of likely N-dealkylation sites (tertiary alicyclic amines) is 1. The van der Waals surface area contributed by atoms with Gasteiger partial charge in [-0.2, -0.15) is 8.42 Å². The summed E-state index contributed by atoms with van der Waals surface area (Å²) in [5.41, 5.74) is 0. The average molecular weight is 666 g/mol. The smallest absolute Gasteiger partial charge is 0.264 e. The average Bonchev–Trinajstić information content (AvgIpc) is 3.26. The minimum Gasteiger partial charge on any atom is -0.378 e. The summed E-state index contributed by atoms with van der Waals surface area (Å²) >= 11 is 6.16. The van der Waals surface area contributed by atoms with Crippen LogP contribution in [0.1, 0.15) is 77.0 Å². The molecule has 0 aromatic carbocycles. The summed E-state index contributed by atoms with van der Waals surface area (Å²) in [6.45, 7) is 6.41. The van der Waals surface area contributed by atoms with E-state index in [1.807, 2.05) is 0 Å². The zero-order valence-corrected chi connectivity index (χ0v) is 27.6. The molecule has 0 aromatic heterocycles. The Morgan fingerprint density at radius 2 is 1.59 bits per heavy atom. The van der Waals surface area contributed by atoms with Crippen LogP contribution in [0, 0.1) is 11.8 Å². The molecule has 3 saturated heterocycles. The van der Waals surface area contributed by atoms with Crippen LogP contribution in [0.15, 0.2) is 0 Å². The molecule has 4 fully saturated rings. The maximum absolute atomic E-state index is 15.1. The van der Waals surface area contributed by atoms with Gasteiger partial charge in [0, 0.05) is 78.2 Å². The van der Waals surface area contributed by atoms with E-state index in [-0.39, 0.29) is 60.5 Å². The first-order valence-electron chi connectivity index (χ1n) is 16.7. The fourth-order valence-corrected chi connectivity index (χ4v) is 7.76. The molecule has 3 heterocycles. The Balaban J connectivity index is 1.06. The molecule has 0 bridgehead atoms. The van der Waals surface area contributed by atoms with E-state index in [2.05, 4.69) is 15.5 Å². The van der Waals surface area contributed by atoms with Crippen LogP contribution < -0.4 is 10.6 Å². The monoisotopic (exact) mass is 665 g/mol. The van der Waals surface area contributed by atoms with Gasteiger partial charge in [-0.3, -0.25) is 29.7 Å². The number of carbonyl (C=O) groups is 2. The second kappa shape index (κ2) is 17.7. The van der Waals surface area contributed by atoms with Crippen LogP contribution in [-0.2, 0) is 24.4 Å². The third-order valence-electron chi connectivity index (χ3n) is 9.73. The van der Waals surface area contributed by atoms with Gasteiger partial charge in [-0.05, 0) is 69.6 Å². The number of carbonyl (C=O) groups excluding carboxylic acids is 2. The molecule has 14 heteroatoms. The number of hydrogen-bond donors (Lipinski definition) is 3. The molecule has 0 spiro atoms. The number of piperidine rings is 1. The first-order chi connectivity index (χ1) is 21.1. The molecule has 254 valence electrons. The number of amides is 2. The van der Waals surface area contributed by atoms with Gasteiger partial charge in [0.15, 0.2) is 0 Å². The Bertz CT molecular complexity index is 1010. The topological polar surface area (TPSA) is 132 Å². The van der Waals surface area contributed by atoms with Crippen molar-refractivity contribution in [3.8, 4) is 0 Å². The molecule has 1 aliphatic carbocycles. The van der Waals surface area contributed by atoms with Gasteiger partial charge in [-0.25, -0.2) is 4.39 Å². The highest BCUT2D eigenvalue weighted by atomic mass is 35.5. The zero-order chi connectivity index (χ0) is 31.5. The van der Waals surface area contributed by atoms with Crippen LogP contribution in [0.4, 0.5) is 4.39 Å². The molecule has 44 heavy (non-hydrogen) atoms. The van der Waals surface area contributed by atoms with E-state index in [4.69, 9.17) is 20.9 Å². The van der Waals surface area contributed by atoms with Crippen LogP contribution in [0.5, 0.6) is 0 Å². The molecule has 11 nitrogen and oxygen atoms in total. The summed E-state index contributed by atoms with van der Waals surface area (Å²) < 4.78 is 51.7. The van der Waals surface area contributed by atoms with Gasteiger partial charge < -0.3 is 14.5 Å². The largest absolute Gasteiger partial charge is 0.378 e. The molecule has 4 aliphatic rings. The maximum atomic E-state index is 15.1. The number of nitrogens with zero attached hydrogens (tertiary/aromatic N) is 3. The van der Waals surface area contributed by atoms with Gasteiger partial charge >= 0.3 is 0 Å². The summed E-state index contributed by atoms with van der Waals surface area (Å²) in [6, 6.07) is 0. The van der Waals surface area contributed by atoms with E-state index >= 15 is 4.39 Å². The molecule has 3 N–H and O–H groups in total. The van der Waals surface area contributed by atoms with Crippen molar-refractivity contribution in [3.63, 3.8) is 0 Å². The van der Waals surface area contributed by atoms with Gasteiger partial charge in [0.05, 0.1) is 17.2 Å². The fraction of sp³-hybridized carbons (Fsp3) is 0.933. The van der Waals surface area contributed by atoms with Gasteiger partial charge in [0.25, 0.3) is 10.1 Å². The Hall–Kier alpha value is -1.09. The second-order valence-corrected chi connectivity index (χ2v) is 15.3. The van der Waals surface area contributed by atoms with Gasteiger partial charge in [0.1, 0.15) is 12.5 Å². The Morgan fingerprint density at radius 3 is 2.25 bits per heavy atom. The molecular formula is C30H53ClFN5O6S. The summed E-state index contributed by atoms with van der Waals surface area (Å²) in [7, 11) is -4.01. The maximum Gasteiger partial charge on any atom is 0.264 e. The predicted molar refractivity (Wildman–Crippen MR) is 168 cm³/mol. The van der Waals surface area contributed by atoms with E-state index in [0.717, 1.165) is 45.4 Å². The molecule has 1 saturated carbocycles. The molecule has 2 amide bonds. The van der Waals surface area contributed by atoms with E-state index in [0.29, 0.717) is 64.4 Å². The number of ether oxygens (including phenoxy) is 1. The molecule has 3 atom stereocenters. The summed E-state index contributed by atoms with van der Waals surface area (Å²) in [4.78, 5) is 31.5. The molecule has 0 aromatic rings.